The molecule has 6 heavy (non-hydrogen) atoms. The summed E-state index contributed by atoms with van der Waals surface area (Å²) in [4.78, 5) is 0. The zero-order valence-electron chi connectivity index (χ0n) is 3.94. The van der Waals surface area contributed by atoms with Crippen LogP contribution in [0.5, 0.6) is 0 Å². The van der Waals surface area contributed by atoms with Gasteiger partial charge in [0.1, 0.15) is 0 Å². The van der Waals surface area contributed by atoms with Crippen LogP contribution < -0.4 is 5.32 Å². The molecule has 1 nitrogen and oxygen atoms in total. The second kappa shape index (κ2) is 1.09. The van der Waals surface area contributed by atoms with Gasteiger partial charge in [-0.2, -0.15) is 0 Å². The molecular weight excluding hydrogens is 74.1 g/mol. The van der Waals surface area contributed by atoms with E-state index in [2.05, 4.69) is 18.8 Å². The Morgan fingerprint density at radius 2 is 2.33 bits per heavy atom. The standard InChI is InChI=1S/C5H9N/c1-3-5-4(2)6-5/h3-6H,1H2,2H3/t4-,5+/m1/s1. The lowest BCUT2D eigenvalue weighted by Crippen LogP contribution is -1.78. The van der Waals surface area contributed by atoms with E-state index in [4.69, 9.17) is 0 Å². The molecule has 1 aliphatic heterocycles. The van der Waals surface area contributed by atoms with Gasteiger partial charge in [0.15, 0.2) is 0 Å². The number of hydrogen-bond acceptors (Lipinski definition) is 1. The summed E-state index contributed by atoms with van der Waals surface area (Å²) in [6.45, 7) is 5.76. The predicted molar refractivity (Wildman–Crippen MR) is 26.6 cm³/mol. The van der Waals surface area contributed by atoms with E-state index >= 15 is 0 Å². The van der Waals surface area contributed by atoms with E-state index in [0.717, 1.165) is 0 Å². The van der Waals surface area contributed by atoms with Crippen molar-refractivity contribution in [2.24, 2.45) is 0 Å². The van der Waals surface area contributed by atoms with Gasteiger partial charge in [0.2, 0.25) is 0 Å². The van der Waals surface area contributed by atoms with Gasteiger partial charge in [-0.1, -0.05) is 6.08 Å². The van der Waals surface area contributed by atoms with E-state index in [1.807, 2.05) is 6.08 Å². The van der Waals surface area contributed by atoms with E-state index in [1.54, 1.807) is 0 Å². The van der Waals surface area contributed by atoms with Gasteiger partial charge < -0.3 is 5.32 Å². The van der Waals surface area contributed by atoms with Gasteiger partial charge in [0.05, 0.1) is 0 Å². The van der Waals surface area contributed by atoms with Crippen LogP contribution in [0, 0.1) is 0 Å². The zero-order chi connectivity index (χ0) is 4.57. The molecule has 1 saturated heterocycles. The van der Waals surface area contributed by atoms with Gasteiger partial charge in [-0.15, -0.1) is 6.58 Å². The molecule has 0 bridgehead atoms. The van der Waals surface area contributed by atoms with Crippen molar-refractivity contribution in [3.05, 3.63) is 12.7 Å². The van der Waals surface area contributed by atoms with E-state index in [0.29, 0.717) is 12.1 Å². The second-order valence-electron chi connectivity index (χ2n) is 1.72. The molecular formula is C5H9N. The largest absolute Gasteiger partial charge is 0.305 e. The van der Waals surface area contributed by atoms with Crippen molar-refractivity contribution in [1.82, 2.24) is 5.32 Å². The van der Waals surface area contributed by atoms with Gasteiger partial charge in [-0.25, -0.2) is 0 Å². The zero-order valence-corrected chi connectivity index (χ0v) is 3.94. The van der Waals surface area contributed by atoms with Crippen molar-refractivity contribution in [2.75, 3.05) is 0 Å². The minimum atomic E-state index is 0.616. The normalized spacial score (nSPS) is 42.2. The minimum absolute atomic E-state index is 0.616. The third-order valence-corrected chi connectivity index (χ3v) is 1.14. The maximum Gasteiger partial charge on any atom is 0.0402 e. The Hall–Kier alpha value is -0.300. The molecule has 1 heterocycles. The molecule has 1 aliphatic rings. The molecule has 1 N–H and O–H groups in total. The van der Waals surface area contributed by atoms with Gasteiger partial charge in [-0.05, 0) is 6.92 Å². The highest BCUT2D eigenvalue weighted by Crippen LogP contribution is 2.08. The lowest BCUT2D eigenvalue weighted by atomic mass is 10.3. The summed E-state index contributed by atoms with van der Waals surface area (Å²) in [5.41, 5.74) is 0. The van der Waals surface area contributed by atoms with E-state index < -0.39 is 0 Å². The van der Waals surface area contributed by atoms with Crippen molar-refractivity contribution in [3.63, 3.8) is 0 Å². The van der Waals surface area contributed by atoms with Crippen LogP contribution in [0.25, 0.3) is 0 Å². The fourth-order valence-corrected chi connectivity index (χ4v) is 0.520. The maximum atomic E-state index is 3.61. The summed E-state index contributed by atoms with van der Waals surface area (Å²) >= 11 is 0. The van der Waals surface area contributed by atoms with Crippen LogP contribution in [0.3, 0.4) is 0 Å². The fraction of sp³-hybridized carbons (Fsp3) is 0.600. The monoisotopic (exact) mass is 83.1 g/mol. The maximum absolute atomic E-state index is 3.61. The van der Waals surface area contributed by atoms with Crippen molar-refractivity contribution in [2.45, 2.75) is 19.0 Å². The van der Waals surface area contributed by atoms with Gasteiger partial charge in [-0.3, -0.25) is 0 Å². The Labute approximate surface area is 38.1 Å². The molecule has 0 aliphatic carbocycles. The average Bonchev–Trinajstić information content (AvgIpc) is 2.19. The molecule has 34 valence electrons. The third kappa shape index (κ3) is 0.455. The highest BCUT2D eigenvalue weighted by molar-refractivity contribution is 5.05. The van der Waals surface area contributed by atoms with Crippen LogP contribution >= 0.6 is 0 Å². The Balaban J connectivity index is 2.25. The highest BCUT2D eigenvalue weighted by Gasteiger charge is 2.26. The van der Waals surface area contributed by atoms with Crippen molar-refractivity contribution < 1.29 is 0 Å². The summed E-state index contributed by atoms with van der Waals surface area (Å²) in [5.74, 6) is 0. The molecule has 1 heteroatoms. The first-order valence-corrected chi connectivity index (χ1v) is 2.23. The first-order chi connectivity index (χ1) is 2.84. The Morgan fingerprint density at radius 1 is 1.83 bits per heavy atom. The molecule has 0 aromatic heterocycles. The summed E-state index contributed by atoms with van der Waals surface area (Å²) < 4.78 is 0. The second-order valence-corrected chi connectivity index (χ2v) is 1.72. The Bertz CT molecular complexity index is 68.3. The predicted octanol–water partition coefficient (Wildman–Crippen LogP) is 0.533. The SMILES string of the molecule is C=C[C@@H]1N[C@@H]1C. The molecule has 0 radical (unpaired) electrons. The van der Waals surface area contributed by atoms with Crippen LogP contribution in [-0.4, -0.2) is 12.1 Å². The molecule has 0 saturated carbocycles. The molecule has 1 fully saturated rings. The molecule has 0 aromatic rings. The third-order valence-electron chi connectivity index (χ3n) is 1.14. The minimum Gasteiger partial charge on any atom is -0.305 e. The average molecular weight is 83.1 g/mol. The number of nitrogens with one attached hydrogen (secondary N) is 1. The van der Waals surface area contributed by atoms with E-state index in [-0.39, 0.29) is 0 Å². The first-order valence-electron chi connectivity index (χ1n) is 2.23. The lowest BCUT2D eigenvalue weighted by Gasteiger charge is -1.67. The Morgan fingerprint density at radius 3 is 2.33 bits per heavy atom. The lowest BCUT2D eigenvalue weighted by molar-refractivity contribution is 1.08. The summed E-state index contributed by atoms with van der Waals surface area (Å²) in [6, 6.07) is 1.31. The molecule has 1 rings (SSSR count). The molecule has 0 unspecified atom stereocenters. The van der Waals surface area contributed by atoms with Gasteiger partial charge in [0, 0.05) is 12.1 Å². The number of rotatable bonds is 1. The van der Waals surface area contributed by atoms with Crippen LogP contribution in [-0.2, 0) is 0 Å². The summed E-state index contributed by atoms with van der Waals surface area (Å²) in [6.07, 6.45) is 1.94. The van der Waals surface area contributed by atoms with E-state index in [9.17, 15) is 0 Å². The molecule has 2 atom stereocenters. The van der Waals surface area contributed by atoms with Gasteiger partial charge >= 0.3 is 0 Å². The highest BCUT2D eigenvalue weighted by atomic mass is 15.1. The van der Waals surface area contributed by atoms with Crippen LogP contribution in [0.15, 0.2) is 12.7 Å². The first kappa shape index (κ1) is 3.88. The smallest absolute Gasteiger partial charge is 0.0402 e. The fourth-order valence-electron chi connectivity index (χ4n) is 0.520. The van der Waals surface area contributed by atoms with Crippen molar-refractivity contribution in [3.8, 4) is 0 Å². The number of hydrogen-bond donors (Lipinski definition) is 1. The van der Waals surface area contributed by atoms with Crippen LogP contribution in [0.4, 0.5) is 0 Å². The summed E-state index contributed by atoms with van der Waals surface area (Å²) in [7, 11) is 0. The summed E-state index contributed by atoms with van der Waals surface area (Å²) in [5, 5.41) is 3.16. The molecule has 0 aromatic carbocycles. The van der Waals surface area contributed by atoms with Crippen molar-refractivity contribution >= 4 is 0 Å². The molecule has 0 amide bonds. The molecule has 0 spiro atoms. The van der Waals surface area contributed by atoms with Crippen LogP contribution in [0.1, 0.15) is 6.92 Å². The topological polar surface area (TPSA) is 21.9 Å². The van der Waals surface area contributed by atoms with Crippen LogP contribution in [0.2, 0.25) is 0 Å². The van der Waals surface area contributed by atoms with Crippen molar-refractivity contribution in [1.29, 1.82) is 0 Å². The van der Waals surface area contributed by atoms with E-state index in [1.165, 1.54) is 0 Å². The van der Waals surface area contributed by atoms with Gasteiger partial charge in [0.25, 0.3) is 0 Å². The quantitative estimate of drug-likeness (QED) is 0.362. The Kier molecular flexibility index (Phi) is 0.701.